The monoisotopic (exact) mass is 148 g/mol. The number of rotatable bonds is 6. The van der Waals surface area contributed by atoms with Gasteiger partial charge in [0.15, 0.2) is 0 Å². The lowest BCUT2D eigenvalue weighted by Crippen LogP contribution is -2.06. The lowest BCUT2D eigenvalue weighted by atomic mass is 10.0. The van der Waals surface area contributed by atoms with E-state index in [4.69, 9.17) is 5.11 Å². The molecular formula is C8H17FO. The van der Waals surface area contributed by atoms with Crippen LogP contribution in [0.15, 0.2) is 0 Å². The Labute approximate surface area is 62.3 Å². The SMILES string of the molecule is CCCCC(CO)CCF. The number of alkyl halides is 1. The summed E-state index contributed by atoms with van der Waals surface area (Å²) in [5.41, 5.74) is 0. The van der Waals surface area contributed by atoms with Crippen molar-refractivity contribution in [3.05, 3.63) is 0 Å². The van der Waals surface area contributed by atoms with Gasteiger partial charge in [-0.3, -0.25) is 4.39 Å². The topological polar surface area (TPSA) is 20.2 Å². The van der Waals surface area contributed by atoms with E-state index in [1.807, 2.05) is 0 Å². The van der Waals surface area contributed by atoms with E-state index in [1.54, 1.807) is 0 Å². The number of unbranched alkanes of at least 4 members (excludes halogenated alkanes) is 1. The van der Waals surface area contributed by atoms with Gasteiger partial charge in [-0.25, -0.2) is 0 Å². The summed E-state index contributed by atoms with van der Waals surface area (Å²) in [6.07, 6.45) is 3.72. The van der Waals surface area contributed by atoms with Crippen LogP contribution in [0.4, 0.5) is 4.39 Å². The highest BCUT2D eigenvalue weighted by Gasteiger charge is 2.04. The van der Waals surface area contributed by atoms with E-state index in [2.05, 4.69) is 6.92 Å². The first-order chi connectivity index (χ1) is 4.85. The molecule has 0 fully saturated rings. The number of hydrogen-bond donors (Lipinski definition) is 1. The van der Waals surface area contributed by atoms with Crippen molar-refractivity contribution in [1.82, 2.24) is 0 Å². The van der Waals surface area contributed by atoms with Gasteiger partial charge >= 0.3 is 0 Å². The second kappa shape index (κ2) is 7.00. The highest BCUT2D eigenvalue weighted by atomic mass is 19.1. The fourth-order valence-electron chi connectivity index (χ4n) is 0.974. The molecule has 0 bridgehead atoms. The first-order valence-electron chi connectivity index (χ1n) is 4.02. The molecule has 2 heteroatoms. The highest BCUT2D eigenvalue weighted by Crippen LogP contribution is 2.11. The van der Waals surface area contributed by atoms with E-state index >= 15 is 0 Å². The van der Waals surface area contributed by atoms with Gasteiger partial charge < -0.3 is 5.11 Å². The van der Waals surface area contributed by atoms with Gasteiger partial charge in [0.25, 0.3) is 0 Å². The molecule has 0 aromatic heterocycles. The molecule has 1 atom stereocenters. The van der Waals surface area contributed by atoms with Crippen molar-refractivity contribution >= 4 is 0 Å². The van der Waals surface area contributed by atoms with Gasteiger partial charge in [-0.15, -0.1) is 0 Å². The van der Waals surface area contributed by atoms with Crippen molar-refractivity contribution in [3.8, 4) is 0 Å². The lowest BCUT2D eigenvalue weighted by Gasteiger charge is -2.09. The quantitative estimate of drug-likeness (QED) is 0.612. The van der Waals surface area contributed by atoms with Gasteiger partial charge in [0.2, 0.25) is 0 Å². The zero-order chi connectivity index (χ0) is 7.82. The second-order valence-corrected chi connectivity index (χ2v) is 2.67. The molecule has 0 aliphatic carbocycles. The predicted octanol–water partition coefficient (Wildman–Crippen LogP) is 2.14. The minimum Gasteiger partial charge on any atom is -0.396 e. The zero-order valence-corrected chi connectivity index (χ0v) is 6.65. The van der Waals surface area contributed by atoms with Crippen LogP contribution in [0.5, 0.6) is 0 Å². The maximum absolute atomic E-state index is 11.7. The summed E-state index contributed by atoms with van der Waals surface area (Å²) in [6.45, 7) is 1.95. The number of aliphatic hydroxyl groups is 1. The molecule has 0 aromatic carbocycles. The first-order valence-corrected chi connectivity index (χ1v) is 4.02. The van der Waals surface area contributed by atoms with Crippen LogP contribution in [0.3, 0.4) is 0 Å². The van der Waals surface area contributed by atoms with Gasteiger partial charge in [0.1, 0.15) is 0 Å². The maximum atomic E-state index is 11.7. The van der Waals surface area contributed by atoms with Gasteiger partial charge in [-0.2, -0.15) is 0 Å². The van der Waals surface area contributed by atoms with E-state index in [0.29, 0.717) is 6.42 Å². The molecule has 0 radical (unpaired) electrons. The van der Waals surface area contributed by atoms with Crippen molar-refractivity contribution in [2.75, 3.05) is 13.3 Å². The van der Waals surface area contributed by atoms with Crippen LogP contribution in [0.25, 0.3) is 0 Å². The minimum atomic E-state index is -0.297. The van der Waals surface area contributed by atoms with Crippen molar-refractivity contribution in [1.29, 1.82) is 0 Å². The molecule has 1 nitrogen and oxygen atoms in total. The molecule has 0 aliphatic heterocycles. The third kappa shape index (κ3) is 4.74. The highest BCUT2D eigenvalue weighted by molar-refractivity contribution is 4.56. The zero-order valence-electron chi connectivity index (χ0n) is 6.65. The Hall–Kier alpha value is -0.110. The molecule has 0 aliphatic rings. The fraction of sp³-hybridized carbons (Fsp3) is 1.00. The molecule has 0 saturated carbocycles. The largest absolute Gasteiger partial charge is 0.396 e. The Morgan fingerprint density at radius 2 is 2.10 bits per heavy atom. The maximum Gasteiger partial charge on any atom is 0.0898 e. The lowest BCUT2D eigenvalue weighted by molar-refractivity contribution is 0.198. The fourth-order valence-corrected chi connectivity index (χ4v) is 0.974. The van der Waals surface area contributed by atoms with Crippen molar-refractivity contribution in [3.63, 3.8) is 0 Å². The molecule has 0 spiro atoms. The van der Waals surface area contributed by atoms with Crippen molar-refractivity contribution in [2.45, 2.75) is 32.6 Å². The van der Waals surface area contributed by atoms with Crippen molar-refractivity contribution < 1.29 is 9.50 Å². The number of aliphatic hydroxyl groups excluding tert-OH is 1. The van der Waals surface area contributed by atoms with Crippen LogP contribution >= 0.6 is 0 Å². The molecule has 0 aromatic rings. The number of hydrogen-bond acceptors (Lipinski definition) is 1. The molecular weight excluding hydrogens is 131 g/mol. The van der Waals surface area contributed by atoms with Crippen LogP contribution < -0.4 is 0 Å². The molecule has 62 valence electrons. The van der Waals surface area contributed by atoms with Crippen LogP contribution in [-0.2, 0) is 0 Å². The molecule has 0 saturated heterocycles. The summed E-state index contributed by atoms with van der Waals surface area (Å²) in [6, 6.07) is 0. The Morgan fingerprint density at radius 1 is 1.40 bits per heavy atom. The van der Waals surface area contributed by atoms with Gasteiger partial charge in [-0.1, -0.05) is 19.8 Å². The van der Waals surface area contributed by atoms with E-state index in [-0.39, 0.29) is 19.2 Å². The third-order valence-electron chi connectivity index (χ3n) is 1.74. The van der Waals surface area contributed by atoms with Gasteiger partial charge in [0.05, 0.1) is 6.67 Å². The average molecular weight is 148 g/mol. The molecule has 10 heavy (non-hydrogen) atoms. The van der Waals surface area contributed by atoms with E-state index in [1.165, 1.54) is 0 Å². The Bertz CT molecular complexity index is 66.3. The van der Waals surface area contributed by atoms with E-state index < -0.39 is 0 Å². The molecule has 0 rings (SSSR count). The molecule has 0 heterocycles. The number of halogens is 1. The Morgan fingerprint density at radius 3 is 2.50 bits per heavy atom. The van der Waals surface area contributed by atoms with Gasteiger partial charge in [0, 0.05) is 6.61 Å². The summed E-state index contributed by atoms with van der Waals surface area (Å²) in [5.74, 6) is 0.199. The summed E-state index contributed by atoms with van der Waals surface area (Å²) >= 11 is 0. The molecule has 1 unspecified atom stereocenters. The standard InChI is InChI=1S/C8H17FO/c1-2-3-4-8(7-10)5-6-9/h8,10H,2-7H2,1H3. The van der Waals surface area contributed by atoms with E-state index in [0.717, 1.165) is 19.3 Å². The Kier molecular flexibility index (Phi) is 6.93. The third-order valence-corrected chi connectivity index (χ3v) is 1.74. The van der Waals surface area contributed by atoms with E-state index in [9.17, 15) is 4.39 Å². The van der Waals surface area contributed by atoms with Crippen LogP contribution in [0.2, 0.25) is 0 Å². The smallest absolute Gasteiger partial charge is 0.0898 e. The Balaban J connectivity index is 3.21. The summed E-state index contributed by atoms with van der Waals surface area (Å²) in [7, 11) is 0. The van der Waals surface area contributed by atoms with Gasteiger partial charge in [-0.05, 0) is 18.8 Å². The summed E-state index contributed by atoms with van der Waals surface area (Å²) in [5, 5.41) is 8.72. The minimum absolute atomic E-state index is 0.143. The second-order valence-electron chi connectivity index (χ2n) is 2.67. The van der Waals surface area contributed by atoms with Crippen molar-refractivity contribution in [2.24, 2.45) is 5.92 Å². The van der Waals surface area contributed by atoms with Crippen LogP contribution in [0, 0.1) is 5.92 Å². The summed E-state index contributed by atoms with van der Waals surface area (Å²) < 4.78 is 11.7. The van der Waals surface area contributed by atoms with Crippen LogP contribution in [0.1, 0.15) is 32.6 Å². The summed E-state index contributed by atoms with van der Waals surface area (Å²) in [4.78, 5) is 0. The average Bonchev–Trinajstić information content (AvgIpc) is 1.98. The molecule has 0 amide bonds. The van der Waals surface area contributed by atoms with Crippen LogP contribution in [-0.4, -0.2) is 18.4 Å². The normalized spacial score (nSPS) is 13.5. The first kappa shape index (κ1) is 9.89. The molecule has 1 N–H and O–H groups in total. The predicted molar refractivity (Wildman–Crippen MR) is 40.7 cm³/mol.